The van der Waals surface area contributed by atoms with Gasteiger partial charge in [-0.15, -0.1) is 0 Å². The Hall–Kier alpha value is -0.860. The summed E-state index contributed by atoms with van der Waals surface area (Å²) in [5.74, 6) is 0. The molecule has 0 bridgehead atoms. The van der Waals surface area contributed by atoms with Gasteiger partial charge in [-0.1, -0.05) is 37.6 Å². The number of hydrogen-bond donors (Lipinski definition) is 1. The summed E-state index contributed by atoms with van der Waals surface area (Å²) in [4.78, 5) is 0. The van der Waals surface area contributed by atoms with Crippen molar-refractivity contribution in [1.82, 2.24) is 5.32 Å². The molecule has 2 heteroatoms. The summed E-state index contributed by atoms with van der Waals surface area (Å²) < 4.78 is 5.34. The Morgan fingerprint density at radius 2 is 2.12 bits per heavy atom. The van der Waals surface area contributed by atoms with Crippen molar-refractivity contribution in [2.75, 3.05) is 14.2 Å². The molecule has 0 aromatic heterocycles. The van der Waals surface area contributed by atoms with Crippen LogP contribution < -0.4 is 5.32 Å². The molecule has 1 rings (SSSR count). The average Bonchev–Trinajstić information content (AvgIpc) is 2.36. The molecule has 1 aromatic carbocycles. The van der Waals surface area contributed by atoms with Crippen LogP contribution in [0.3, 0.4) is 0 Å². The van der Waals surface area contributed by atoms with E-state index in [4.69, 9.17) is 4.74 Å². The maximum absolute atomic E-state index is 5.34. The van der Waals surface area contributed by atoms with Crippen molar-refractivity contribution in [2.24, 2.45) is 0 Å². The van der Waals surface area contributed by atoms with E-state index in [2.05, 4.69) is 43.4 Å². The van der Waals surface area contributed by atoms with Gasteiger partial charge in [0.15, 0.2) is 0 Å². The molecule has 0 radical (unpaired) electrons. The molecule has 0 fully saturated rings. The number of nitrogens with one attached hydrogen (secondary N) is 1. The molecule has 0 heterocycles. The second kappa shape index (κ2) is 7.46. The number of aryl methyl sites for hydroxylation is 1. The summed E-state index contributed by atoms with van der Waals surface area (Å²) in [5, 5.41) is 3.37. The standard InChI is InChI=1S/C15H25NO/c1-5-7-13-8-6-9-14(11-13)15(16-3)10-12(2)17-4/h6,8-9,11-12,15-16H,5,7,10H2,1-4H3. The Bertz CT molecular complexity index is 324. The van der Waals surface area contributed by atoms with Crippen molar-refractivity contribution < 1.29 is 4.74 Å². The summed E-state index contributed by atoms with van der Waals surface area (Å²) in [6, 6.07) is 9.25. The molecule has 0 aliphatic rings. The van der Waals surface area contributed by atoms with Gasteiger partial charge in [0.25, 0.3) is 0 Å². The topological polar surface area (TPSA) is 21.3 Å². The molecule has 0 aliphatic heterocycles. The van der Waals surface area contributed by atoms with E-state index in [0.717, 1.165) is 12.8 Å². The van der Waals surface area contributed by atoms with Crippen LogP contribution in [-0.4, -0.2) is 20.3 Å². The van der Waals surface area contributed by atoms with Crippen molar-refractivity contribution in [1.29, 1.82) is 0 Å². The molecule has 1 aromatic rings. The van der Waals surface area contributed by atoms with E-state index in [1.807, 2.05) is 7.05 Å². The molecule has 0 amide bonds. The van der Waals surface area contributed by atoms with Crippen LogP contribution in [-0.2, 0) is 11.2 Å². The minimum Gasteiger partial charge on any atom is -0.382 e. The van der Waals surface area contributed by atoms with Crippen molar-refractivity contribution >= 4 is 0 Å². The largest absolute Gasteiger partial charge is 0.382 e. The van der Waals surface area contributed by atoms with Gasteiger partial charge in [0.2, 0.25) is 0 Å². The van der Waals surface area contributed by atoms with Crippen molar-refractivity contribution in [2.45, 2.75) is 45.3 Å². The Morgan fingerprint density at radius 3 is 2.71 bits per heavy atom. The highest BCUT2D eigenvalue weighted by Gasteiger charge is 2.13. The van der Waals surface area contributed by atoms with Gasteiger partial charge in [-0.25, -0.2) is 0 Å². The normalized spacial score (nSPS) is 14.6. The predicted octanol–water partition coefficient (Wildman–Crippen LogP) is 3.32. The number of benzene rings is 1. The van der Waals surface area contributed by atoms with E-state index in [1.54, 1.807) is 7.11 Å². The Kier molecular flexibility index (Phi) is 6.23. The summed E-state index contributed by atoms with van der Waals surface area (Å²) in [6.07, 6.45) is 3.64. The average molecular weight is 235 g/mol. The van der Waals surface area contributed by atoms with Crippen LogP contribution in [0.4, 0.5) is 0 Å². The molecule has 1 N–H and O–H groups in total. The van der Waals surface area contributed by atoms with Gasteiger partial charge < -0.3 is 10.1 Å². The lowest BCUT2D eigenvalue weighted by Crippen LogP contribution is -2.22. The molecule has 0 saturated heterocycles. The molecular formula is C15H25NO. The zero-order valence-corrected chi connectivity index (χ0v) is 11.5. The number of ether oxygens (including phenoxy) is 1. The quantitative estimate of drug-likeness (QED) is 0.782. The van der Waals surface area contributed by atoms with Crippen LogP contribution in [0.5, 0.6) is 0 Å². The summed E-state index contributed by atoms with van der Waals surface area (Å²) >= 11 is 0. The van der Waals surface area contributed by atoms with E-state index < -0.39 is 0 Å². The maximum Gasteiger partial charge on any atom is 0.0561 e. The van der Waals surface area contributed by atoms with Crippen molar-refractivity contribution in [3.8, 4) is 0 Å². The van der Waals surface area contributed by atoms with Crippen LogP contribution >= 0.6 is 0 Å². The molecule has 2 nitrogen and oxygen atoms in total. The minimum absolute atomic E-state index is 0.280. The third-order valence-corrected chi connectivity index (χ3v) is 3.21. The van der Waals surface area contributed by atoms with E-state index in [0.29, 0.717) is 6.04 Å². The third kappa shape index (κ3) is 4.49. The van der Waals surface area contributed by atoms with Gasteiger partial charge in [-0.2, -0.15) is 0 Å². The van der Waals surface area contributed by atoms with E-state index in [-0.39, 0.29) is 6.10 Å². The lowest BCUT2D eigenvalue weighted by atomic mass is 9.98. The van der Waals surface area contributed by atoms with Crippen LogP contribution in [0.25, 0.3) is 0 Å². The second-order valence-electron chi connectivity index (χ2n) is 4.62. The first-order valence-electron chi connectivity index (χ1n) is 6.50. The molecule has 0 spiro atoms. The van der Waals surface area contributed by atoms with E-state index in [9.17, 15) is 0 Å². The smallest absolute Gasteiger partial charge is 0.0561 e. The van der Waals surface area contributed by atoms with Crippen LogP contribution in [0, 0.1) is 0 Å². The van der Waals surface area contributed by atoms with Gasteiger partial charge in [-0.3, -0.25) is 0 Å². The molecule has 2 unspecified atom stereocenters. The van der Waals surface area contributed by atoms with Crippen molar-refractivity contribution in [3.63, 3.8) is 0 Å². The fourth-order valence-corrected chi connectivity index (χ4v) is 2.10. The summed E-state index contributed by atoms with van der Waals surface area (Å²) in [7, 11) is 3.78. The Labute approximate surface area is 105 Å². The Morgan fingerprint density at radius 1 is 1.35 bits per heavy atom. The van der Waals surface area contributed by atoms with Crippen LogP contribution in [0.1, 0.15) is 43.9 Å². The van der Waals surface area contributed by atoms with Crippen LogP contribution in [0.15, 0.2) is 24.3 Å². The lowest BCUT2D eigenvalue weighted by Gasteiger charge is -2.20. The summed E-state index contributed by atoms with van der Waals surface area (Å²) in [6.45, 7) is 4.33. The molecular weight excluding hydrogens is 210 g/mol. The molecule has 0 aliphatic carbocycles. The highest BCUT2D eigenvalue weighted by Crippen LogP contribution is 2.20. The summed E-state index contributed by atoms with van der Waals surface area (Å²) in [5.41, 5.74) is 2.79. The zero-order chi connectivity index (χ0) is 12.7. The predicted molar refractivity (Wildman–Crippen MR) is 73.3 cm³/mol. The van der Waals surface area contributed by atoms with Gasteiger partial charge in [0, 0.05) is 13.2 Å². The van der Waals surface area contributed by atoms with Crippen LogP contribution in [0.2, 0.25) is 0 Å². The number of rotatable bonds is 7. The SMILES string of the molecule is CCCc1cccc(C(CC(C)OC)NC)c1. The first-order chi connectivity index (χ1) is 8.21. The first-order valence-corrected chi connectivity index (χ1v) is 6.50. The van der Waals surface area contributed by atoms with Gasteiger partial charge >= 0.3 is 0 Å². The van der Waals surface area contributed by atoms with Gasteiger partial charge in [-0.05, 0) is 37.9 Å². The number of methoxy groups -OCH3 is 1. The fraction of sp³-hybridized carbons (Fsp3) is 0.600. The lowest BCUT2D eigenvalue weighted by molar-refractivity contribution is 0.101. The highest BCUT2D eigenvalue weighted by atomic mass is 16.5. The molecule has 2 atom stereocenters. The fourth-order valence-electron chi connectivity index (χ4n) is 2.10. The monoisotopic (exact) mass is 235 g/mol. The second-order valence-corrected chi connectivity index (χ2v) is 4.62. The highest BCUT2D eigenvalue weighted by molar-refractivity contribution is 5.26. The minimum atomic E-state index is 0.280. The van der Waals surface area contributed by atoms with E-state index in [1.165, 1.54) is 17.5 Å². The van der Waals surface area contributed by atoms with Gasteiger partial charge in [0.05, 0.1) is 6.10 Å². The first kappa shape index (κ1) is 14.2. The molecule has 96 valence electrons. The number of hydrogen-bond acceptors (Lipinski definition) is 2. The zero-order valence-electron chi connectivity index (χ0n) is 11.5. The van der Waals surface area contributed by atoms with Gasteiger partial charge in [0.1, 0.15) is 0 Å². The molecule has 17 heavy (non-hydrogen) atoms. The van der Waals surface area contributed by atoms with Crippen molar-refractivity contribution in [3.05, 3.63) is 35.4 Å². The third-order valence-electron chi connectivity index (χ3n) is 3.21. The molecule has 0 saturated carbocycles. The Balaban J connectivity index is 2.76. The maximum atomic E-state index is 5.34. The van der Waals surface area contributed by atoms with E-state index >= 15 is 0 Å².